The summed E-state index contributed by atoms with van der Waals surface area (Å²) in [6, 6.07) is 12.6. The molecule has 2 aromatic rings. The number of anilines is 1. The zero-order chi connectivity index (χ0) is 20.2. The van der Waals surface area contributed by atoms with Crippen molar-refractivity contribution in [1.29, 1.82) is 0 Å². The Labute approximate surface area is 169 Å². The number of carbonyl (C=O) groups is 2. The van der Waals surface area contributed by atoms with E-state index in [0.717, 1.165) is 25.1 Å². The molecule has 0 bridgehead atoms. The van der Waals surface area contributed by atoms with Crippen molar-refractivity contribution in [3.05, 3.63) is 60.3 Å². The molecule has 1 unspecified atom stereocenters. The smallest absolute Gasteiger partial charge is 0.410 e. The van der Waals surface area contributed by atoms with Gasteiger partial charge >= 0.3 is 6.09 Å². The molecule has 3 atom stereocenters. The van der Waals surface area contributed by atoms with Crippen LogP contribution in [0.5, 0.6) is 5.75 Å². The van der Waals surface area contributed by atoms with Crippen LogP contribution in [0.3, 0.4) is 0 Å². The number of para-hydroxylation sites is 1. The number of nitrogens with zero attached hydrogens (tertiary/aromatic N) is 2. The van der Waals surface area contributed by atoms with Gasteiger partial charge in [0.25, 0.3) is 0 Å². The Bertz CT molecular complexity index is 886. The van der Waals surface area contributed by atoms with Gasteiger partial charge in [-0.15, -0.1) is 0 Å². The van der Waals surface area contributed by atoms with Gasteiger partial charge < -0.3 is 20.7 Å². The highest BCUT2D eigenvalue weighted by atomic mass is 16.6. The van der Waals surface area contributed by atoms with Gasteiger partial charge in [-0.25, -0.2) is 9.78 Å². The first-order chi connectivity index (χ1) is 14.1. The molecule has 1 aromatic carbocycles. The van der Waals surface area contributed by atoms with Gasteiger partial charge in [-0.3, -0.25) is 4.79 Å². The van der Waals surface area contributed by atoms with Crippen LogP contribution >= 0.6 is 0 Å². The van der Waals surface area contributed by atoms with Crippen molar-refractivity contribution >= 4 is 23.9 Å². The highest BCUT2D eigenvalue weighted by Gasteiger charge is 2.56. The third kappa shape index (κ3) is 4.74. The average molecular weight is 392 g/mol. The number of rotatable bonds is 6. The van der Waals surface area contributed by atoms with E-state index in [1.165, 1.54) is 6.08 Å². The molecule has 29 heavy (non-hydrogen) atoms. The number of nitrogens with one attached hydrogen (secondary N) is 1. The average Bonchev–Trinajstić information content (AvgIpc) is 3.17. The number of pyridine rings is 1. The number of amides is 2. The molecule has 7 nitrogen and oxygen atoms in total. The number of benzene rings is 1. The molecule has 2 amide bonds. The van der Waals surface area contributed by atoms with Crippen molar-refractivity contribution in [2.24, 2.45) is 17.8 Å². The van der Waals surface area contributed by atoms with Crippen LogP contribution in [0, 0.1) is 17.8 Å². The number of nitrogen functional groups attached to an aromatic ring is 1. The van der Waals surface area contributed by atoms with E-state index >= 15 is 0 Å². The highest BCUT2D eigenvalue weighted by Crippen LogP contribution is 2.53. The lowest BCUT2D eigenvalue weighted by Crippen LogP contribution is -2.34. The Hall–Kier alpha value is -3.35. The molecule has 1 saturated carbocycles. The topological polar surface area (TPSA) is 97.6 Å². The van der Waals surface area contributed by atoms with E-state index in [2.05, 4.69) is 10.3 Å². The van der Waals surface area contributed by atoms with E-state index in [0.29, 0.717) is 35.9 Å². The molecule has 0 spiro atoms. The van der Waals surface area contributed by atoms with Crippen LogP contribution in [-0.2, 0) is 4.79 Å². The second kappa shape index (κ2) is 8.34. The van der Waals surface area contributed by atoms with Crippen molar-refractivity contribution < 1.29 is 14.3 Å². The molecule has 0 radical (unpaired) electrons. The summed E-state index contributed by atoms with van der Waals surface area (Å²) in [6.45, 7) is 2.10. The maximum atomic E-state index is 12.2. The van der Waals surface area contributed by atoms with Gasteiger partial charge in [0.1, 0.15) is 11.6 Å². The minimum atomic E-state index is -0.280. The predicted molar refractivity (Wildman–Crippen MR) is 110 cm³/mol. The number of hydrogen-bond acceptors (Lipinski definition) is 5. The summed E-state index contributed by atoms with van der Waals surface area (Å²) in [6.07, 6.45) is 5.49. The van der Waals surface area contributed by atoms with E-state index in [9.17, 15) is 9.59 Å². The van der Waals surface area contributed by atoms with Gasteiger partial charge in [0.2, 0.25) is 5.91 Å². The molecule has 4 rings (SSSR count). The number of aromatic nitrogens is 1. The van der Waals surface area contributed by atoms with Crippen molar-refractivity contribution in [3.63, 3.8) is 0 Å². The molecule has 1 aliphatic heterocycles. The molecule has 1 saturated heterocycles. The van der Waals surface area contributed by atoms with E-state index in [1.54, 1.807) is 35.4 Å². The molecule has 2 fully saturated rings. The van der Waals surface area contributed by atoms with Crippen molar-refractivity contribution in [2.45, 2.75) is 6.42 Å². The number of likely N-dealkylation sites (tertiary alicyclic amines) is 1. The third-order valence-corrected chi connectivity index (χ3v) is 5.59. The van der Waals surface area contributed by atoms with Gasteiger partial charge in [-0.2, -0.15) is 0 Å². The lowest BCUT2D eigenvalue weighted by molar-refractivity contribution is -0.116. The normalized spacial score (nSPS) is 22.3. The summed E-state index contributed by atoms with van der Waals surface area (Å²) in [7, 11) is 0. The van der Waals surface area contributed by atoms with E-state index in [-0.39, 0.29) is 12.0 Å². The minimum Gasteiger partial charge on any atom is -0.410 e. The first-order valence-corrected chi connectivity index (χ1v) is 9.79. The SMILES string of the molecule is Nc1ccc(/C=C/C(=O)NCCC2[C@H]3CN(C(=O)Oc4ccccc4)C[C@@H]23)cn1. The van der Waals surface area contributed by atoms with Crippen LogP contribution in [0.15, 0.2) is 54.7 Å². The van der Waals surface area contributed by atoms with Crippen LogP contribution < -0.4 is 15.8 Å². The van der Waals surface area contributed by atoms with Crippen LogP contribution in [0.2, 0.25) is 0 Å². The Morgan fingerprint density at radius 1 is 1.17 bits per heavy atom. The van der Waals surface area contributed by atoms with Crippen LogP contribution in [0.1, 0.15) is 12.0 Å². The Morgan fingerprint density at radius 2 is 1.93 bits per heavy atom. The summed E-state index contributed by atoms with van der Waals surface area (Å²) in [5.74, 6) is 2.51. The zero-order valence-electron chi connectivity index (χ0n) is 16.0. The fourth-order valence-corrected chi connectivity index (χ4v) is 3.99. The van der Waals surface area contributed by atoms with E-state index in [4.69, 9.17) is 10.5 Å². The number of ether oxygens (including phenoxy) is 1. The fourth-order valence-electron chi connectivity index (χ4n) is 3.99. The monoisotopic (exact) mass is 392 g/mol. The van der Waals surface area contributed by atoms with Crippen molar-refractivity contribution in [1.82, 2.24) is 15.2 Å². The lowest BCUT2D eigenvalue weighted by Gasteiger charge is -2.19. The predicted octanol–water partition coefficient (Wildman–Crippen LogP) is 2.56. The van der Waals surface area contributed by atoms with Gasteiger partial charge in [0.15, 0.2) is 0 Å². The first kappa shape index (κ1) is 19.0. The van der Waals surface area contributed by atoms with Gasteiger partial charge in [0, 0.05) is 31.9 Å². The Kier molecular flexibility index (Phi) is 5.46. The molecule has 7 heteroatoms. The molecule has 3 N–H and O–H groups in total. The standard InChI is InChI=1S/C22H24N4O3/c23-20-8-6-15(12-25-20)7-9-21(27)24-11-10-17-18-13-26(14-19(17)18)22(28)29-16-4-2-1-3-5-16/h1-9,12,17-19H,10-11,13-14H2,(H2,23,25)(H,24,27)/b9-7+/t17?,18-,19+. The summed E-state index contributed by atoms with van der Waals surface area (Å²) < 4.78 is 5.40. The Balaban J connectivity index is 1.14. The number of carbonyl (C=O) groups excluding carboxylic acids is 2. The summed E-state index contributed by atoms with van der Waals surface area (Å²) >= 11 is 0. The minimum absolute atomic E-state index is 0.124. The third-order valence-electron chi connectivity index (χ3n) is 5.59. The quantitative estimate of drug-likeness (QED) is 0.737. The molecule has 1 aromatic heterocycles. The summed E-state index contributed by atoms with van der Waals surface area (Å²) in [5.41, 5.74) is 6.37. The van der Waals surface area contributed by atoms with Gasteiger partial charge in [-0.05, 0) is 60.1 Å². The van der Waals surface area contributed by atoms with Gasteiger partial charge in [0.05, 0.1) is 0 Å². The Morgan fingerprint density at radius 3 is 2.62 bits per heavy atom. The van der Waals surface area contributed by atoms with E-state index < -0.39 is 0 Å². The summed E-state index contributed by atoms with van der Waals surface area (Å²) in [5, 5.41) is 2.92. The molecule has 150 valence electrons. The van der Waals surface area contributed by atoms with Crippen molar-refractivity contribution in [2.75, 3.05) is 25.4 Å². The fraction of sp³-hybridized carbons (Fsp3) is 0.318. The number of nitrogens with two attached hydrogens (primary N) is 1. The molecular weight excluding hydrogens is 368 g/mol. The van der Waals surface area contributed by atoms with Crippen LogP contribution in [0.25, 0.3) is 6.08 Å². The largest absolute Gasteiger partial charge is 0.415 e. The summed E-state index contributed by atoms with van der Waals surface area (Å²) in [4.78, 5) is 29.9. The van der Waals surface area contributed by atoms with Gasteiger partial charge in [-0.1, -0.05) is 18.2 Å². The van der Waals surface area contributed by atoms with E-state index in [1.807, 2.05) is 24.3 Å². The van der Waals surface area contributed by atoms with Crippen LogP contribution in [0.4, 0.5) is 10.6 Å². The number of piperidine rings is 1. The van der Waals surface area contributed by atoms with Crippen molar-refractivity contribution in [3.8, 4) is 5.75 Å². The second-order valence-corrected chi connectivity index (χ2v) is 7.51. The van der Waals surface area contributed by atoms with Crippen LogP contribution in [-0.4, -0.2) is 41.5 Å². The maximum absolute atomic E-state index is 12.2. The first-order valence-electron chi connectivity index (χ1n) is 9.79. The zero-order valence-corrected chi connectivity index (χ0v) is 16.0. The molecule has 2 aliphatic rings. The highest BCUT2D eigenvalue weighted by molar-refractivity contribution is 5.91. The second-order valence-electron chi connectivity index (χ2n) is 7.51. The molecule has 2 heterocycles. The number of fused-ring (bicyclic) bond motifs is 1. The lowest BCUT2D eigenvalue weighted by atomic mass is 10.2. The number of hydrogen-bond donors (Lipinski definition) is 2. The molecular formula is C22H24N4O3. The maximum Gasteiger partial charge on any atom is 0.415 e. The molecule has 1 aliphatic carbocycles.